The lowest BCUT2D eigenvalue weighted by Crippen LogP contribution is -2.38. The average molecular weight is 234 g/mol. The molecule has 0 aliphatic carbocycles. The summed E-state index contributed by atoms with van der Waals surface area (Å²) < 4.78 is 0. The third kappa shape index (κ3) is 3.75. The van der Waals surface area contributed by atoms with Gasteiger partial charge in [-0.1, -0.05) is 6.92 Å². The molecule has 1 aliphatic heterocycles. The molecule has 0 aromatic carbocycles. The molecule has 1 aliphatic rings. The van der Waals surface area contributed by atoms with Crippen LogP contribution in [-0.4, -0.2) is 40.5 Å². The van der Waals surface area contributed by atoms with Gasteiger partial charge in [0.05, 0.1) is 6.54 Å². The lowest BCUT2D eigenvalue weighted by atomic mass is 10.2. The Morgan fingerprint density at radius 2 is 2.24 bits per heavy atom. The summed E-state index contributed by atoms with van der Waals surface area (Å²) in [4.78, 5) is 11.1. The van der Waals surface area contributed by atoms with Crippen LogP contribution in [0.3, 0.4) is 0 Å². The summed E-state index contributed by atoms with van der Waals surface area (Å²) in [6, 6.07) is 2.53. The van der Waals surface area contributed by atoms with Crippen LogP contribution in [0.2, 0.25) is 0 Å². The molecule has 0 spiro atoms. The van der Waals surface area contributed by atoms with Crippen LogP contribution < -0.4 is 5.32 Å². The fraction of sp³-hybridized carbons (Fsp3) is 0.692. The first-order chi connectivity index (χ1) is 8.40. The van der Waals surface area contributed by atoms with Gasteiger partial charge in [-0.3, -0.25) is 4.90 Å². The van der Waals surface area contributed by atoms with Crippen molar-refractivity contribution in [1.29, 1.82) is 0 Å². The van der Waals surface area contributed by atoms with Gasteiger partial charge in [0.1, 0.15) is 5.82 Å². The molecule has 1 unspecified atom stereocenters. The van der Waals surface area contributed by atoms with Crippen molar-refractivity contribution in [2.45, 2.75) is 38.8 Å². The Labute approximate surface area is 103 Å². The molecule has 1 saturated heterocycles. The first kappa shape index (κ1) is 12.5. The fourth-order valence-corrected chi connectivity index (χ4v) is 2.37. The monoisotopic (exact) mass is 234 g/mol. The SMILES string of the molecule is CCCNCC1CCCN1Cc1ncccn1. The first-order valence-corrected chi connectivity index (χ1v) is 6.61. The van der Waals surface area contributed by atoms with Crippen molar-refractivity contribution < 1.29 is 0 Å². The Bertz CT molecular complexity index is 314. The molecule has 0 saturated carbocycles. The maximum absolute atomic E-state index is 4.30. The van der Waals surface area contributed by atoms with E-state index in [0.29, 0.717) is 6.04 Å². The van der Waals surface area contributed by atoms with Crippen LogP contribution in [-0.2, 0) is 6.54 Å². The van der Waals surface area contributed by atoms with Gasteiger partial charge in [0.2, 0.25) is 0 Å². The van der Waals surface area contributed by atoms with E-state index in [1.165, 1.54) is 25.8 Å². The van der Waals surface area contributed by atoms with Crippen LogP contribution in [0.4, 0.5) is 0 Å². The van der Waals surface area contributed by atoms with Gasteiger partial charge in [-0.15, -0.1) is 0 Å². The highest BCUT2D eigenvalue weighted by Gasteiger charge is 2.24. The second-order valence-electron chi connectivity index (χ2n) is 4.64. The summed E-state index contributed by atoms with van der Waals surface area (Å²) in [6.07, 6.45) is 7.44. The van der Waals surface area contributed by atoms with E-state index < -0.39 is 0 Å². The molecular formula is C13H22N4. The smallest absolute Gasteiger partial charge is 0.142 e. The average Bonchev–Trinajstić information content (AvgIpc) is 2.79. The predicted molar refractivity (Wildman–Crippen MR) is 68.6 cm³/mol. The Morgan fingerprint density at radius 1 is 1.41 bits per heavy atom. The van der Waals surface area contributed by atoms with E-state index in [4.69, 9.17) is 0 Å². The number of aromatic nitrogens is 2. The third-order valence-corrected chi connectivity index (χ3v) is 3.27. The summed E-state index contributed by atoms with van der Waals surface area (Å²) in [5.41, 5.74) is 0. The molecule has 94 valence electrons. The van der Waals surface area contributed by atoms with Gasteiger partial charge in [-0.05, 0) is 38.4 Å². The molecule has 2 heterocycles. The van der Waals surface area contributed by atoms with Gasteiger partial charge in [0, 0.05) is 25.0 Å². The van der Waals surface area contributed by atoms with Gasteiger partial charge in [0.15, 0.2) is 0 Å². The van der Waals surface area contributed by atoms with E-state index in [-0.39, 0.29) is 0 Å². The highest BCUT2D eigenvalue weighted by atomic mass is 15.2. The Hall–Kier alpha value is -1.00. The van der Waals surface area contributed by atoms with Gasteiger partial charge in [0.25, 0.3) is 0 Å². The van der Waals surface area contributed by atoms with E-state index in [2.05, 4.69) is 27.1 Å². The second-order valence-corrected chi connectivity index (χ2v) is 4.64. The van der Waals surface area contributed by atoms with E-state index in [9.17, 15) is 0 Å². The highest BCUT2D eigenvalue weighted by molar-refractivity contribution is 4.91. The zero-order chi connectivity index (χ0) is 11.9. The second kappa shape index (κ2) is 6.67. The van der Waals surface area contributed by atoms with E-state index in [0.717, 1.165) is 25.5 Å². The van der Waals surface area contributed by atoms with E-state index in [1.54, 1.807) is 0 Å². The lowest BCUT2D eigenvalue weighted by molar-refractivity contribution is 0.234. The molecule has 0 amide bonds. The Morgan fingerprint density at radius 3 is 3.00 bits per heavy atom. The largest absolute Gasteiger partial charge is 0.315 e. The normalized spacial score (nSPS) is 20.9. The van der Waals surface area contributed by atoms with Crippen molar-refractivity contribution in [3.63, 3.8) is 0 Å². The van der Waals surface area contributed by atoms with Crippen LogP contribution in [0.15, 0.2) is 18.5 Å². The maximum atomic E-state index is 4.30. The fourth-order valence-electron chi connectivity index (χ4n) is 2.37. The molecule has 1 atom stereocenters. The topological polar surface area (TPSA) is 41.0 Å². The third-order valence-electron chi connectivity index (χ3n) is 3.27. The van der Waals surface area contributed by atoms with Crippen molar-refractivity contribution in [2.24, 2.45) is 0 Å². The van der Waals surface area contributed by atoms with E-state index >= 15 is 0 Å². The maximum Gasteiger partial charge on any atom is 0.142 e. The number of hydrogen-bond acceptors (Lipinski definition) is 4. The standard InChI is InChI=1S/C13H22N4/c1-2-6-14-10-12-5-3-9-17(12)11-13-15-7-4-8-16-13/h4,7-8,12,14H,2-3,5-6,9-11H2,1H3. The van der Waals surface area contributed by atoms with Crippen molar-refractivity contribution in [2.75, 3.05) is 19.6 Å². The minimum Gasteiger partial charge on any atom is -0.315 e. The van der Waals surface area contributed by atoms with Crippen molar-refractivity contribution >= 4 is 0 Å². The molecule has 1 fully saturated rings. The molecule has 0 bridgehead atoms. The minimum atomic E-state index is 0.658. The van der Waals surface area contributed by atoms with E-state index in [1.807, 2.05) is 18.5 Å². The van der Waals surface area contributed by atoms with Crippen LogP contribution in [0.1, 0.15) is 32.0 Å². The van der Waals surface area contributed by atoms with Crippen LogP contribution in [0, 0.1) is 0 Å². The molecule has 4 heteroatoms. The summed E-state index contributed by atoms with van der Waals surface area (Å²) in [7, 11) is 0. The molecule has 4 nitrogen and oxygen atoms in total. The molecule has 1 aromatic rings. The van der Waals surface area contributed by atoms with Gasteiger partial charge >= 0.3 is 0 Å². The quantitative estimate of drug-likeness (QED) is 0.756. The number of nitrogens with zero attached hydrogens (tertiary/aromatic N) is 3. The molecule has 1 N–H and O–H groups in total. The summed E-state index contributed by atoms with van der Waals surface area (Å²) >= 11 is 0. The van der Waals surface area contributed by atoms with Gasteiger partial charge in [-0.2, -0.15) is 0 Å². The van der Waals surface area contributed by atoms with Gasteiger partial charge in [-0.25, -0.2) is 9.97 Å². The summed E-state index contributed by atoms with van der Waals surface area (Å²) in [5, 5.41) is 3.51. The lowest BCUT2D eigenvalue weighted by Gasteiger charge is -2.23. The summed E-state index contributed by atoms with van der Waals surface area (Å²) in [5.74, 6) is 0.940. The minimum absolute atomic E-state index is 0.658. The number of nitrogens with one attached hydrogen (secondary N) is 1. The number of hydrogen-bond donors (Lipinski definition) is 1. The van der Waals surface area contributed by atoms with Crippen molar-refractivity contribution in [3.8, 4) is 0 Å². The Balaban J connectivity index is 1.82. The number of likely N-dealkylation sites (tertiary alicyclic amines) is 1. The molecule has 2 rings (SSSR count). The number of rotatable bonds is 6. The van der Waals surface area contributed by atoms with Crippen molar-refractivity contribution in [1.82, 2.24) is 20.2 Å². The Kier molecular flexibility index (Phi) is 4.88. The van der Waals surface area contributed by atoms with Crippen molar-refractivity contribution in [3.05, 3.63) is 24.3 Å². The zero-order valence-electron chi connectivity index (χ0n) is 10.6. The van der Waals surface area contributed by atoms with Crippen LogP contribution >= 0.6 is 0 Å². The molecule has 1 aromatic heterocycles. The first-order valence-electron chi connectivity index (χ1n) is 6.61. The van der Waals surface area contributed by atoms with Crippen LogP contribution in [0.25, 0.3) is 0 Å². The molecular weight excluding hydrogens is 212 g/mol. The molecule has 17 heavy (non-hydrogen) atoms. The van der Waals surface area contributed by atoms with Crippen LogP contribution in [0.5, 0.6) is 0 Å². The predicted octanol–water partition coefficient (Wildman–Crippen LogP) is 1.44. The highest BCUT2D eigenvalue weighted by Crippen LogP contribution is 2.18. The summed E-state index contributed by atoms with van der Waals surface area (Å²) in [6.45, 7) is 6.49. The molecule has 0 radical (unpaired) electrons. The van der Waals surface area contributed by atoms with Gasteiger partial charge < -0.3 is 5.32 Å². The zero-order valence-corrected chi connectivity index (χ0v) is 10.6.